The van der Waals surface area contributed by atoms with E-state index in [0.29, 0.717) is 0 Å². The van der Waals surface area contributed by atoms with E-state index in [1.807, 2.05) is 13.8 Å². The van der Waals surface area contributed by atoms with Crippen molar-refractivity contribution >= 4 is 0 Å². The molecule has 0 aliphatic heterocycles. The fourth-order valence-electron chi connectivity index (χ4n) is 2.09. The first kappa shape index (κ1) is 18.9. The van der Waals surface area contributed by atoms with E-state index in [2.05, 4.69) is 19.2 Å². The molecule has 0 aromatic rings. The Labute approximate surface area is 120 Å². The van der Waals surface area contributed by atoms with E-state index in [1.165, 1.54) is 32.1 Å². The molecule has 0 fully saturated rings. The van der Waals surface area contributed by atoms with Crippen molar-refractivity contribution in [2.45, 2.75) is 72.5 Å². The fraction of sp³-hybridized carbons (Fsp3) is 1.00. The minimum Gasteiger partial charge on any atom is -0.353 e. The zero-order valence-electron chi connectivity index (χ0n) is 13.5. The SMILES string of the molecule is CCOC(CCNCCCCCCC(C)C)OCC. The van der Waals surface area contributed by atoms with Crippen LogP contribution >= 0.6 is 0 Å². The van der Waals surface area contributed by atoms with Gasteiger partial charge in [0.25, 0.3) is 0 Å². The van der Waals surface area contributed by atoms with Gasteiger partial charge in [0.2, 0.25) is 0 Å². The smallest absolute Gasteiger partial charge is 0.158 e. The van der Waals surface area contributed by atoms with E-state index in [-0.39, 0.29) is 6.29 Å². The minimum absolute atomic E-state index is 0.0338. The normalized spacial score (nSPS) is 11.7. The molecule has 1 N–H and O–H groups in total. The lowest BCUT2D eigenvalue weighted by atomic mass is 10.0. The van der Waals surface area contributed by atoms with E-state index >= 15 is 0 Å². The second-order valence-corrected chi connectivity index (χ2v) is 5.48. The highest BCUT2D eigenvalue weighted by atomic mass is 16.7. The molecular weight excluding hydrogens is 238 g/mol. The first-order chi connectivity index (χ1) is 9.20. The van der Waals surface area contributed by atoms with Crippen molar-refractivity contribution in [3.63, 3.8) is 0 Å². The van der Waals surface area contributed by atoms with Gasteiger partial charge in [-0.05, 0) is 39.3 Å². The molecular formula is C16H35NO2. The largest absolute Gasteiger partial charge is 0.353 e. The molecule has 0 heterocycles. The van der Waals surface area contributed by atoms with Gasteiger partial charge in [-0.1, -0.05) is 39.5 Å². The van der Waals surface area contributed by atoms with Gasteiger partial charge >= 0.3 is 0 Å². The van der Waals surface area contributed by atoms with Crippen molar-refractivity contribution < 1.29 is 9.47 Å². The van der Waals surface area contributed by atoms with Crippen molar-refractivity contribution in [3.05, 3.63) is 0 Å². The summed E-state index contributed by atoms with van der Waals surface area (Å²) in [5.74, 6) is 0.854. The van der Waals surface area contributed by atoms with Crippen molar-refractivity contribution in [2.75, 3.05) is 26.3 Å². The lowest BCUT2D eigenvalue weighted by Crippen LogP contribution is -2.25. The molecule has 0 radical (unpaired) electrons. The van der Waals surface area contributed by atoms with E-state index in [1.54, 1.807) is 0 Å². The maximum Gasteiger partial charge on any atom is 0.158 e. The standard InChI is InChI=1S/C16H35NO2/c1-5-18-16(19-6-2)12-14-17-13-10-8-7-9-11-15(3)4/h15-17H,5-14H2,1-4H3. The molecule has 0 unspecified atom stereocenters. The van der Waals surface area contributed by atoms with Crippen LogP contribution < -0.4 is 5.32 Å². The molecule has 0 aromatic heterocycles. The Morgan fingerprint density at radius 1 is 0.789 bits per heavy atom. The van der Waals surface area contributed by atoms with Crippen LogP contribution in [0.5, 0.6) is 0 Å². The summed E-state index contributed by atoms with van der Waals surface area (Å²) in [6.07, 6.45) is 7.67. The molecule has 0 rings (SSSR count). The van der Waals surface area contributed by atoms with Crippen LogP contribution in [0.3, 0.4) is 0 Å². The predicted octanol–water partition coefficient (Wildman–Crippen LogP) is 3.97. The summed E-state index contributed by atoms with van der Waals surface area (Å²) in [6, 6.07) is 0. The summed E-state index contributed by atoms with van der Waals surface area (Å²) in [5, 5.41) is 3.47. The van der Waals surface area contributed by atoms with Gasteiger partial charge in [0.1, 0.15) is 0 Å². The molecule has 0 atom stereocenters. The Morgan fingerprint density at radius 3 is 2.00 bits per heavy atom. The highest BCUT2D eigenvalue weighted by molar-refractivity contribution is 4.53. The lowest BCUT2D eigenvalue weighted by Gasteiger charge is -2.16. The number of rotatable bonds is 14. The first-order valence-electron chi connectivity index (χ1n) is 8.14. The van der Waals surface area contributed by atoms with Crippen LogP contribution in [-0.2, 0) is 9.47 Å². The van der Waals surface area contributed by atoms with E-state index < -0.39 is 0 Å². The molecule has 0 aliphatic rings. The number of unbranched alkanes of at least 4 members (excludes halogenated alkanes) is 3. The van der Waals surface area contributed by atoms with Gasteiger partial charge in [0.15, 0.2) is 6.29 Å². The van der Waals surface area contributed by atoms with Crippen LogP contribution in [0.15, 0.2) is 0 Å². The quantitative estimate of drug-likeness (QED) is 0.384. The van der Waals surface area contributed by atoms with E-state index in [9.17, 15) is 0 Å². The van der Waals surface area contributed by atoms with Gasteiger partial charge in [-0.2, -0.15) is 0 Å². The van der Waals surface area contributed by atoms with Crippen molar-refractivity contribution in [1.29, 1.82) is 0 Å². The van der Waals surface area contributed by atoms with Gasteiger partial charge in [-0.25, -0.2) is 0 Å². The molecule has 116 valence electrons. The molecule has 0 saturated carbocycles. The van der Waals surface area contributed by atoms with Gasteiger partial charge < -0.3 is 14.8 Å². The zero-order chi connectivity index (χ0) is 14.3. The predicted molar refractivity (Wildman–Crippen MR) is 82.4 cm³/mol. The average Bonchev–Trinajstić information content (AvgIpc) is 2.37. The summed E-state index contributed by atoms with van der Waals surface area (Å²) >= 11 is 0. The van der Waals surface area contributed by atoms with Gasteiger partial charge in [0.05, 0.1) is 0 Å². The summed E-state index contributed by atoms with van der Waals surface area (Å²) in [6.45, 7) is 12.2. The first-order valence-corrected chi connectivity index (χ1v) is 8.14. The fourth-order valence-corrected chi connectivity index (χ4v) is 2.09. The van der Waals surface area contributed by atoms with Crippen LogP contribution in [0.1, 0.15) is 66.2 Å². The maximum absolute atomic E-state index is 5.50. The average molecular weight is 273 g/mol. The van der Waals surface area contributed by atoms with Crippen LogP contribution in [0.25, 0.3) is 0 Å². The monoisotopic (exact) mass is 273 g/mol. The topological polar surface area (TPSA) is 30.5 Å². The zero-order valence-corrected chi connectivity index (χ0v) is 13.5. The van der Waals surface area contributed by atoms with Gasteiger partial charge in [0, 0.05) is 19.6 Å². The van der Waals surface area contributed by atoms with Crippen LogP contribution in [0.4, 0.5) is 0 Å². The highest BCUT2D eigenvalue weighted by Crippen LogP contribution is 2.09. The summed E-state index contributed by atoms with van der Waals surface area (Å²) in [5.41, 5.74) is 0. The third kappa shape index (κ3) is 14.1. The third-order valence-corrected chi connectivity index (χ3v) is 3.15. The van der Waals surface area contributed by atoms with Crippen molar-refractivity contribution in [3.8, 4) is 0 Å². The molecule has 0 aliphatic carbocycles. The Bertz CT molecular complexity index is 168. The molecule has 0 bridgehead atoms. The number of hydrogen-bond acceptors (Lipinski definition) is 3. The molecule has 3 heteroatoms. The summed E-state index contributed by atoms with van der Waals surface area (Å²) in [4.78, 5) is 0. The van der Waals surface area contributed by atoms with Crippen LogP contribution in [0, 0.1) is 5.92 Å². The minimum atomic E-state index is -0.0338. The molecule has 0 spiro atoms. The number of nitrogens with one attached hydrogen (secondary N) is 1. The summed E-state index contributed by atoms with van der Waals surface area (Å²) < 4.78 is 11.0. The molecule has 0 aromatic carbocycles. The molecule has 0 saturated heterocycles. The number of ether oxygens (including phenoxy) is 2. The highest BCUT2D eigenvalue weighted by Gasteiger charge is 2.06. The van der Waals surface area contributed by atoms with E-state index in [0.717, 1.165) is 38.6 Å². The third-order valence-electron chi connectivity index (χ3n) is 3.15. The summed E-state index contributed by atoms with van der Waals surface area (Å²) in [7, 11) is 0. The Morgan fingerprint density at radius 2 is 1.42 bits per heavy atom. The lowest BCUT2D eigenvalue weighted by molar-refractivity contribution is -0.138. The van der Waals surface area contributed by atoms with Crippen molar-refractivity contribution in [2.24, 2.45) is 5.92 Å². The van der Waals surface area contributed by atoms with E-state index in [4.69, 9.17) is 9.47 Å². The maximum atomic E-state index is 5.50. The number of hydrogen-bond donors (Lipinski definition) is 1. The van der Waals surface area contributed by atoms with Crippen molar-refractivity contribution in [1.82, 2.24) is 5.32 Å². The van der Waals surface area contributed by atoms with Crippen LogP contribution in [0.2, 0.25) is 0 Å². The second kappa shape index (κ2) is 14.3. The Balaban J connectivity index is 3.24. The Hall–Kier alpha value is -0.120. The van der Waals surface area contributed by atoms with Gasteiger partial charge in [-0.15, -0.1) is 0 Å². The second-order valence-electron chi connectivity index (χ2n) is 5.48. The molecule has 0 amide bonds. The molecule has 19 heavy (non-hydrogen) atoms. The molecule has 3 nitrogen and oxygen atoms in total. The van der Waals surface area contributed by atoms with Crippen LogP contribution in [-0.4, -0.2) is 32.6 Å². The Kier molecular flexibility index (Phi) is 14.2. The van der Waals surface area contributed by atoms with Gasteiger partial charge in [-0.3, -0.25) is 0 Å².